The molecule has 0 spiro atoms. The molecule has 9 nitrogen and oxygen atoms in total. The van der Waals surface area contributed by atoms with E-state index in [1.54, 1.807) is 19.9 Å². The Morgan fingerprint density at radius 2 is 1.86 bits per heavy atom. The fourth-order valence-electron chi connectivity index (χ4n) is 4.80. The lowest BCUT2D eigenvalue weighted by Gasteiger charge is -2.32. The third-order valence-corrected chi connectivity index (χ3v) is 9.36. The second-order valence-electron chi connectivity index (χ2n) is 9.48. The van der Waals surface area contributed by atoms with Gasteiger partial charge in [0.1, 0.15) is 29.1 Å². The van der Waals surface area contributed by atoms with Crippen LogP contribution in [-0.4, -0.2) is 55.1 Å². The summed E-state index contributed by atoms with van der Waals surface area (Å²) < 4.78 is 56.0. The molecule has 1 N–H and O–H groups in total. The summed E-state index contributed by atoms with van der Waals surface area (Å²) in [5.41, 5.74) is 2.38. The van der Waals surface area contributed by atoms with Crippen molar-refractivity contribution in [2.75, 3.05) is 27.2 Å². The Morgan fingerprint density at radius 1 is 1.16 bits per heavy atom. The van der Waals surface area contributed by atoms with Gasteiger partial charge in [0, 0.05) is 29.1 Å². The minimum absolute atomic E-state index is 0.00707. The molecule has 200 valence electrons. The number of nitrogens with zero attached hydrogens (tertiary/aromatic N) is 3. The highest BCUT2D eigenvalue weighted by Crippen LogP contribution is 2.45. The highest BCUT2D eigenvalue weighted by molar-refractivity contribution is 7.89. The van der Waals surface area contributed by atoms with E-state index in [1.165, 1.54) is 22.5 Å². The summed E-state index contributed by atoms with van der Waals surface area (Å²) in [6.45, 7) is 7.10. The van der Waals surface area contributed by atoms with Gasteiger partial charge in [-0.3, -0.25) is 0 Å². The van der Waals surface area contributed by atoms with Crippen molar-refractivity contribution in [2.45, 2.75) is 50.6 Å². The molecule has 0 unspecified atom stereocenters. The first-order valence-electron chi connectivity index (χ1n) is 11.8. The molecule has 12 heteroatoms. The van der Waals surface area contributed by atoms with Gasteiger partial charge in [0.2, 0.25) is 15.9 Å². The van der Waals surface area contributed by atoms with E-state index in [0.717, 1.165) is 5.56 Å². The number of nitrogens with one attached hydrogen (secondary N) is 1. The number of aromatic nitrogens is 2. The minimum atomic E-state index is -4.25. The predicted molar refractivity (Wildman–Crippen MR) is 137 cm³/mol. The molecule has 4 rings (SSSR count). The van der Waals surface area contributed by atoms with Crippen LogP contribution in [0, 0.1) is 19.7 Å². The van der Waals surface area contributed by atoms with Crippen LogP contribution in [0.25, 0.3) is 0 Å². The zero-order chi connectivity index (χ0) is 27.2. The molecule has 0 saturated heterocycles. The second-order valence-corrected chi connectivity index (χ2v) is 11.7. The molecule has 2 aromatic carbocycles. The Bertz CT molecular complexity index is 1490. The Labute approximate surface area is 220 Å². The number of ether oxygens (including phenoxy) is 1. The Hall–Kier alpha value is -2.73. The van der Waals surface area contributed by atoms with Crippen LogP contribution in [0.4, 0.5) is 4.39 Å². The van der Waals surface area contributed by atoms with Crippen molar-refractivity contribution in [1.82, 2.24) is 19.4 Å². The fraction of sp³-hybridized carbons (Fsp3) is 0.440. The van der Waals surface area contributed by atoms with E-state index in [-0.39, 0.29) is 35.7 Å². The van der Waals surface area contributed by atoms with Gasteiger partial charge in [0.05, 0.1) is 0 Å². The number of rotatable bonds is 6. The average Bonchev–Trinajstić information content (AvgIpc) is 3.20. The van der Waals surface area contributed by atoms with E-state index < -0.39 is 33.6 Å². The van der Waals surface area contributed by atoms with Crippen LogP contribution in [0.15, 0.2) is 38.4 Å². The van der Waals surface area contributed by atoms with Crippen molar-refractivity contribution in [2.24, 2.45) is 0 Å². The number of sulfonamides is 1. The van der Waals surface area contributed by atoms with E-state index in [0.29, 0.717) is 21.7 Å². The first-order valence-corrected chi connectivity index (χ1v) is 13.6. The number of hydrogen-bond donors (Lipinski definition) is 1. The van der Waals surface area contributed by atoms with Gasteiger partial charge in [-0.05, 0) is 69.8 Å². The number of benzene rings is 2. The van der Waals surface area contributed by atoms with Gasteiger partial charge in [-0.2, -0.15) is 4.31 Å². The molecule has 0 saturated carbocycles. The maximum Gasteiger partial charge on any atom is 0.434 e. The topological polar surface area (TPSA) is 109 Å². The lowest BCUT2D eigenvalue weighted by molar-refractivity contribution is 0.207. The molecule has 1 aliphatic heterocycles. The zero-order valence-electron chi connectivity index (χ0n) is 21.5. The number of aromatic amines is 1. The summed E-state index contributed by atoms with van der Waals surface area (Å²) in [7, 11) is -0.542. The first-order chi connectivity index (χ1) is 17.4. The molecular formula is C25H30ClFN4O5S. The molecule has 2 heterocycles. The van der Waals surface area contributed by atoms with Crippen molar-refractivity contribution in [3.8, 4) is 5.75 Å². The third kappa shape index (κ3) is 4.81. The number of H-pyrrole nitrogens is 1. The van der Waals surface area contributed by atoms with Crippen LogP contribution < -0.4 is 10.5 Å². The van der Waals surface area contributed by atoms with Crippen LogP contribution in [0.1, 0.15) is 60.0 Å². The first kappa shape index (κ1) is 27.3. The standard InChI is InChI=1S/C25H30ClFN4O5S/c1-13-7-9-18(27)20(14(13)2)15(3)22(24-28-29-25(32)36-24)31-11-12-35-23-19(37(31,33)34)10-8-17(26)21(23)16(4)30(5)6/h7-10,15-16,22H,11-12H2,1-6H3,(H,29,32)/t15-,16-,22+/m1/s1. The van der Waals surface area contributed by atoms with E-state index in [2.05, 4.69) is 10.2 Å². The van der Waals surface area contributed by atoms with E-state index in [1.807, 2.05) is 32.8 Å². The van der Waals surface area contributed by atoms with Crippen molar-refractivity contribution in [3.05, 3.63) is 73.8 Å². The molecule has 3 atom stereocenters. The molecule has 0 fully saturated rings. The van der Waals surface area contributed by atoms with Gasteiger partial charge in [0.15, 0.2) is 0 Å². The monoisotopic (exact) mass is 552 g/mol. The van der Waals surface area contributed by atoms with Gasteiger partial charge < -0.3 is 14.1 Å². The van der Waals surface area contributed by atoms with Crippen molar-refractivity contribution >= 4 is 21.6 Å². The van der Waals surface area contributed by atoms with Crippen molar-refractivity contribution < 1.29 is 22.0 Å². The summed E-state index contributed by atoms with van der Waals surface area (Å²) in [4.78, 5) is 13.7. The normalized spacial score (nSPS) is 18.1. The maximum atomic E-state index is 15.2. The summed E-state index contributed by atoms with van der Waals surface area (Å²) in [6.07, 6.45) is 0. The zero-order valence-corrected chi connectivity index (χ0v) is 23.1. The van der Waals surface area contributed by atoms with Gasteiger partial charge in [0.25, 0.3) is 0 Å². The lowest BCUT2D eigenvalue weighted by Crippen LogP contribution is -2.39. The second kappa shape index (κ2) is 10.2. The lowest BCUT2D eigenvalue weighted by atomic mass is 9.87. The fourth-order valence-corrected chi connectivity index (χ4v) is 6.89. The Balaban J connectivity index is 1.93. The number of aryl methyl sites for hydroxylation is 1. The number of fused-ring (bicyclic) bond motifs is 1. The van der Waals surface area contributed by atoms with Gasteiger partial charge >= 0.3 is 5.76 Å². The van der Waals surface area contributed by atoms with E-state index in [4.69, 9.17) is 20.8 Å². The summed E-state index contributed by atoms with van der Waals surface area (Å²) in [5.74, 6) is -2.09. The largest absolute Gasteiger partial charge is 0.490 e. The SMILES string of the molecule is Cc1ccc(F)c([C@@H](C)[C@@H](c2n[nH]c(=O)o2)N2CCOc3c(ccc(Cl)c3[C@@H](C)N(C)C)S2(=O)=O)c1C. The summed E-state index contributed by atoms with van der Waals surface area (Å²) >= 11 is 6.50. The molecule has 0 radical (unpaired) electrons. The number of hydrogen-bond acceptors (Lipinski definition) is 7. The molecule has 1 aliphatic rings. The minimum Gasteiger partial charge on any atom is -0.490 e. The van der Waals surface area contributed by atoms with Crippen molar-refractivity contribution in [3.63, 3.8) is 0 Å². The molecular weight excluding hydrogens is 523 g/mol. The van der Waals surface area contributed by atoms with Crippen LogP contribution >= 0.6 is 11.6 Å². The highest BCUT2D eigenvalue weighted by atomic mass is 35.5. The van der Waals surface area contributed by atoms with Crippen LogP contribution in [0.5, 0.6) is 5.75 Å². The van der Waals surface area contributed by atoms with Crippen LogP contribution in [0.2, 0.25) is 5.02 Å². The molecule has 37 heavy (non-hydrogen) atoms. The molecule has 1 aromatic heterocycles. The van der Waals surface area contributed by atoms with Crippen LogP contribution in [0.3, 0.4) is 0 Å². The van der Waals surface area contributed by atoms with E-state index >= 15 is 4.39 Å². The molecule has 0 bridgehead atoms. The van der Waals surface area contributed by atoms with Crippen LogP contribution in [-0.2, 0) is 10.0 Å². The quantitative estimate of drug-likeness (QED) is 0.485. The van der Waals surface area contributed by atoms with E-state index in [9.17, 15) is 13.2 Å². The predicted octanol–water partition coefficient (Wildman–Crippen LogP) is 4.32. The number of halogens is 2. The molecule has 0 amide bonds. The maximum absolute atomic E-state index is 15.2. The average molecular weight is 553 g/mol. The van der Waals surface area contributed by atoms with Gasteiger partial charge in [-0.25, -0.2) is 22.7 Å². The Kier molecular flexibility index (Phi) is 7.53. The highest BCUT2D eigenvalue weighted by Gasteiger charge is 2.44. The summed E-state index contributed by atoms with van der Waals surface area (Å²) in [5, 5.41) is 6.53. The third-order valence-electron chi connectivity index (χ3n) is 7.12. The van der Waals surface area contributed by atoms with Gasteiger partial charge in [-0.15, -0.1) is 5.10 Å². The molecule has 0 aliphatic carbocycles. The van der Waals surface area contributed by atoms with Gasteiger partial charge in [-0.1, -0.05) is 24.6 Å². The summed E-state index contributed by atoms with van der Waals surface area (Å²) in [6, 6.07) is 4.55. The smallest absolute Gasteiger partial charge is 0.434 e. The Morgan fingerprint density at radius 3 is 2.49 bits per heavy atom. The van der Waals surface area contributed by atoms with Crippen molar-refractivity contribution in [1.29, 1.82) is 0 Å². The molecule has 3 aromatic rings.